The van der Waals surface area contributed by atoms with E-state index in [1.807, 2.05) is 18.0 Å². The van der Waals surface area contributed by atoms with Crippen LogP contribution in [-0.2, 0) is 9.84 Å². The summed E-state index contributed by atoms with van der Waals surface area (Å²) in [4.78, 5) is 2.18. The molecule has 4 nitrogen and oxygen atoms in total. The first kappa shape index (κ1) is 14.0. The Labute approximate surface area is 103 Å². The van der Waals surface area contributed by atoms with E-state index in [-0.39, 0.29) is 6.10 Å². The molecule has 1 N–H and O–H groups in total. The molecule has 0 aliphatic rings. The maximum absolute atomic E-state index is 11.6. The molecule has 1 aromatic carbocycles. The normalized spacial score (nSPS) is 13.4. The van der Waals surface area contributed by atoms with Gasteiger partial charge in [0.25, 0.3) is 0 Å². The van der Waals surface area contributed by atoms with Crippen molar-refractivity contribution in [3.05, 3.63) is 24.3 Å². The monoisotopic (exact) mass is 257 g/mol. The second-order valence-corrected chi connectivity index (χ2v) is 6.28. The summed E-state index contributed by atoms with van der Waals surface area (Å²) in [5.74, 6) is 0. The number of hydrogen-bond donors (Lipinski definition) is 1. The summed E-state index contributed by atoms with van der Waals surface area (Å²) in [6.45, 7) is 2.33. The zero-order valence-corrected chi connectivity index (χ0v) is 11.2. The molecule has 5 heteroatoms. The number of anilines is 1. The minimum atomic E-state index is -3.22. The third-order valence-electron chi connectivity index (χ3n) is 2.56. The number of benzene rings is 1. The molecule has 0 aromatic heterocycles. The summed E-state index contributed by atoms with van der Waals surface area (Å²) in [5.41, 5.74) is 0.677. The highest BCUT2D eigenvalue weighted by molar-refractivity contribution is 7.90. The third kappa shape index (κ3) is 4.02. The van der Waals surface area contributed by atoms with Crippen molar-refractivity contribution < 1.29 is 13.5 Å². The van der Waals surface area contributed by atoms with Gasteiger partial charge in [-0.05, 0) is 25.5 Å². The molecule has 1 atom stereocenters. The maximum Gasteiger partial charge on any atom is 0.177 e. The standard InChI is InChI=1S/C12H19NO3S/c1-10(14)8-9-13(2)11-6-4-5-7-12(11)17(3,15)16/h4-7,10,14H,8-9H2,1-3H3/t10-/m0/s1. The summed E-state index contributed by atoms with van der Waals surface area (Å²) >= 11 is 0. The predicted octanol–water partition coefficient (Wildman–Crippen LogP) is 1.30. The molecule has 1 aromatic rings. The number of rotatable bonds is 5. The average molecular weight is 257 g/mol. The average Bonchev–Trinajstić information content (AvgIpc) is 2.24. The first-order valence-electron chi connectivity index (χ1n) is 5.50. The van der Waals surface area contributed by atoms with Crippen LogP contribution < -0.4 is 4.90 Å². The minimum Gasteiger partial charge on any atom is -0.393 e. The molecular weight excluding hydrogens is 238 g/mol. The van der Waals surface area contributed by atoms with Gasteiger partial charge >= 0.3 is 0 Å². The summed E-state index contributed by atoms with van der Waals surface area (Å²) < 4.78 is 23.2. The van der Waals surface area contributed by atoms with Gasteiger partial charge < -0.3 is 10.0 Å². The van der Waals surface area contributed by atoms with E-state index in [4.69, 9.17) is 0 Å². The molecular formula is C12H19NO3S. The van der Waals surface area contributed by atoms with Crippen molar-refractivity contribution in [1.29, 1.82) is 0 Å². The molecule has 0 aliphatic carbocycles. The molecule has 96 valence electrons. The van der Waals surface area contributed by atoms with Crippen LogP contribution in [-0.4, -0.2) is 39.5 Å². The van der Waals surface area contributed by atoms with Crippen molar-refractivity contribution in [2.45, 2.75) is 24.3 Å². The van der Waals surface area contributed by atoms with Crippen LogP contribution in [0.25, 0.3) is 0 Å². The van der Waals surface area contributed by atoms with Gasteiger partial charge in [-0.3, -0.25) is 0 Å². The van der Waals surface area contributed by atoms with E-state index >= 15 is 0 Å². The van der Waals surface area contributed by atoms with Crippen LogP contribution in [0.15, 0.2) is 29.2 Å². The van der Waals surface area contributed by atoms with E-state index in [0.717, 1.165) is 0 Å². The van der Waals surface area contributed by atoms with Crippen molar-refractivity contribution >= 4 is 15.5 Å². The lowest BCUT2D eigenvalue weighted by Gasteiger charge is -2.22. The van der Waals surface area contributed by atoms with Gasteiger partial charge in [0.05, 0.1) is 16.7 Å². The van der Waals surface area contributed by atoms with E-state index < -0.39 is 9.84 Å². The molecule has 17 heavy (non-hydrogen) atoms. The SMILES string of the molecule is C[C@H](O)CCN(C)c1ccccc1S(C)(=O)=O. The first-order valence-corrected chi connectivity index (χ1v) is 7.40. The Bertz CT molecular complexity index is 468. The fourth-order valence-electron chi connectivity index (χ4n) is 1.59. The predicted molar refractivity (Wildman–Crippen MR) is 69.1 cm³/mol. The number of aliphatic hydroxyl groups is 1. The molecule has 0 unspecified atom stereocenters. The molecule has 0 amide bonds. The smallest absolute Gasteiger partial charge is 0.177 e. The van der Waals surface area contributed by atoms with Crippen molar-refractivity contribution in [1.82, 2.24) is 0 Å². The van der Waals surface area contributed by atoms with Gasteiger partial charge in [-0.15, -0.1) is 0 Å². The van der Waals surface area contributed by atoms with Gasteiger partial charge in [-0.1, -0.05) is 12.1 Å². The van der Waals surface area contributed by atoms with Gasteiger partial charge in [-0.25, -0.2) is 8.42 Å². The Morgan fingerprint density at radius 1 is 1.35 bits per heavy atom. The highest BCUT2D eigenvalue weighted by atomic mass is 32.2. The van der Waals surface area contributed by atoms with E-state index in [2.05, 4.69) is 0 Å². The Kier molecular flexibility index (Phi) is 4.54. The van der Waals surface area contributed by atoms with E-state index in [9.17, 15) is 13.5 Å². The van der Waals surface area contributed by atoms with E-state index in [1.165, 1.54) is 6.26 Å². The lowest BCUT2D eigenvalue weighted by Crippen LogP contribution is -2.23. The van der Waals surface area contributed by atoms with Crippen LogP contribution in [0.1, 0.15) is 13.3 Å². The summed E-state index contributed by atoms with van der Waals surface area (Å²) in [5, 5.41) is 9.23. The van der Waals surface area contributed by atoms with E-state index in [0.29, 0.717) is 23.5 Å². The molecule has 0 radical (unpaired) electrons. The third-order valence-corrected chi connectivity index (χ3v) is 3.70. The highest BCUT2D eigenvalue weighted by Crippen LogP contribution is 2.24. The van der Waals surface area contributed by atoms with Crippen LogP contribution in [0.5, 0.6) is 0 Å². The summed E-state index contributed by atoms with van der Waals surface area (Å²) in [7, 11) is -1.40. The molecule has 0 spiro atoms. The van der Waals surface area contributed by atoms with Gasteiger partial charge in [0.15, 0.2) is 9.84 Å². The number of hydrogen-bond acceptors (Lipinski definition) is 4. The highest BCUT2D eigenvalue weighted by Gasteiger charge is 2.15. The number of nitrogens with zero attached hydrogens (tertiary/aromatic N) is 1. The van der Waals surface area contributed by atoms with Crippen LogP contribution in [0.3, 0.4) is 0 Å². The first-order chi connectivity index (χ1) is 7.82. The largest absolute Gasteiger partial charge is 0.393 e. The van der Waals surface area contributed by atoms with Crippen molar-refractivity contribution in [3.63, 3.8) is 0 Å². The summed E-state index contributed by atoms with van der Waals surface area (Å²) in [6.07, 6.45) is 1.42. The van der Waals surface area contributed by atoms with Gasteiger partial charge in [0, 0.05) is 19.8 Å². The van der Waals surface area contributed by atoms with Crippen molar-refractivity contribution in [3.8, 4) is 0 Å². The molecule has 0 bridgehead atoms. The number of para-hydroxylation sites is 1. The molecule has 0 fully saturated rings. The Morgan fingerprint density at radius 2 is 1.94 bits per heavy atom. The molecule has 1 rings (SSSR count). The molecule has 0 heterocycles. The van der Waals surface area contributed by atoms with Gasteiger partial charge in [0.2, 0.25) is 0 Å². The van der Waals surface area contributed by atoms with E-state index in [1.54, 1.807) is 25.1 Å². The number of sulfone groups is 1. The van der Waals surface area contributed by atoms with Crippen molar-refractivity contribution in [2.75, 3.05) is 24.7 Å². The fourth-order valence-corrected chi connectivity index (χ4v) is 2.52. The topological polar surface area (TPSA) is 57.6 Å². The second-order valence-electron chi connectivity index (χ2n) is 4.30. The van der Waals surface area contributed by atoms with Crippen LogP contribution >= 0.6 is 0 Å². The van der Waals surface area contributed by atoms with Crippen LogP contribution in [0.4, 0.5) is 5.69 Å². The zero-order chi connectivity index (χ0) is 13.1. The zero-order valence-electron chi connectivity index (χ0n) is 10.4. The number of aliphatic hydroxyl groups excluding tert-OH is 1. The lowest BCUT2D eigenvalue weighted by atomic mass is 10.2. The Hall–Kier alpha value is -1.07. The quantitative estimate of drug-likeness (QED) is 0.863. The fraction of sp³-hybridized carbons (Fsp3) is 0.500. The van der Waals surface area contributed by atoms with Gasteiger partial charge in [0.1, 0.15) is 0 Å². The summed E-state index contributed by atoms with van der Waals surface area (Å²) in [6, 6.07) is 6.90. The minimum absolute atomic E-state index is 0.327. The molecule has 0 saturated heterocycles. The molecule has 0 aliphatic heterocycles. The lowest BCUT2D eigenvalue weighted by molar-refractivity contribution is 0.187. The van der Waals surface area contributed by atoms with Crippen LogP contribution in [0, 0.1) is 0 Å². The van der Waals surface area contributed by atoms with Gasteiger partial charge in [-0.2, -0.15) is 0 Å². The Morgan fingerprint density at radius 3 is 2.47 bits per heavy atom. The van der Waals surface area contributed by atoms with Crippen molar-refractivity contribution in [2.24, 2.45) is 0 Å². The Balaban J connectivity index is 2.98. The molecule has 0 saturated carbocycles. The second kappa shape index (κ2) is 5.51. The maximum atomic E-state index is 11.6. The van der Waals surface area contributed by atoms with Crippen LogP contribution in [0.2, 0.25) is 0 Å².